The number of benzene rings is 1. The second-order valence-corrected chi connectivity index (χ2v) is 6.34. The molecular weight excluding hydrogens is 268 g/mol. The molecule has 1 aromatic rings. The summed E-state index contributed by atoms with van der Waals surface area (Å²) in [6, 6.07) is 4.96. The van der Waals surface area contributed by atoms with E-state index in [9.17, 15) is 4.79 Å². The minimum absolute atomic E-state index is 0.0845. The molecule has 0 heterocycles. The maximum atomic E-state index is 12.0. The summed E-state index contributed by atoms with van der Waals surface area (Å²) in [6.07, 6.45) is 5.71. The van der Waals surface area contributed by atoms with Gasteiger partial charge in [-0.1, -0.05) is 18.0 Å². The van der Waals surface area contributed by atoms with Crippen molar-refractivity contribution in [1.82, 2.24) is 5.32 Å². The second-order valence-electron chi connectivity index (χ2n) is 4.66. The Morgan fingerprint density at radius 3 is 2.78 bits per heavy atom. The molecule has 1 fully saturated rings. The van der Waals surface area contributed by atoms with E-state index >= 15 is 0 Å². The van der Waals surface area contributed by atoms with Gasteiger partial charge < -0.3 is 11.1 Å². The topological polar surface area (TPSA) is 55.1 Å². The fourth-order valence-corrected chi connectivity index (χ4v) is 3.08. The smallest absolute Gasteiger partial charge is 0.251 e. The number of nitrogens with two attached hydrogens (primary N) is 1. The van der Waals surface area contributed by atoms with Crippen LogP contribution < -0.4 is 11.1 Å². The zero-order chi connectivity index (χ0) is 13.2. The molecule has 3 N–H and O–H groups in total. The van der Waals surface area contributed by atoms with Crippen LogP contribution in [0.2, 0.25) is 5.02 Å². The van der Waals surface area contributed by atoms with E-state index in [-0.39, 0.29) is 10.7 Å². The van der Waals surface area contributed by atoms with Gasteiger partial charge in [0.05, 0.1) is 10.7 Å². The van der Waals surface area contributed by atoms with Crippen molar-refractivity contribution in [3.05, 3.63) is 28.8 Å². The lowest BCUT2D eigenvalue weighted by Gasteiger charge is -2.40. The summed E-state index contributed by atoms with van der Waals surface area (Å²) in [5.74, 6) is -0.0845. The van der Waals surface area contributed by atoms with Crippen molar-refractivity contribution < 1.29 is 4.79 Å². The van der Waals surface area contributed by atoms with Crippen molar-refractivity contribution >= 4 is 35.0 Å². The van der Waals surface area contributed by atoms with Crippen LogP contribution in [0, 0.1) is 0 Å². The third-order valence-corrected chi connectivity index (χ3v) is 5.29. The first kappa shape index (κ1) is 13.6. The zero-order valence-corrected chi connectivity index (χ0v) is 11.9. The molecule has 0 aromatic heterocycles. The number of hydrogen-bond acceptors (Lipinski definition) is 3. The molecule has 1 aliphatic carbocycles. The van der Waals surface area contributed by atoms with Gasteiger partial charge >= 0.3 is 0 Å². The van der Waals surface area contributed by atoms with Gasteiger partial charge in [0, 0.05) is 16.9 Å². The summed E-state index contributed by atoms with van der Waals surface area (Å²) >= 11 is 7.67. The Balaban J connectivity index is 1.97. The third-order valence-electron chi connectivity index (χ3n) is 3.53. The van der Waals surface area contributed by atoms with Crippen LogP contribution in [-0.4, -0.2) is 23.5 Å². The van der Waals surface area contributed by atoms with Crippen LogP contribution in [0.25, 0.3) is 0 Å². The van der Waals surface area contributed by atoms with Gasteiger partial charge in [-0.3, -0.25) is 4.79 Å². The van der Waals surface area contributed by atoms with Crippen LogP contribution in [0.5, 0.6) is 0 Å². The van der Waals surface area contributed by atoms with Gasteiger partial charge in [-0.15, -0.1) is 0 Å². The molecule has 0 atom stereocenters. The average molecular weight is 285 g/mol. The highest BCUT2D eigenvalue weighted by Crippen LogP contribution is 2.42. The fourth-order valence-electron chi connectivity index (χ4n) is 2.05. The number of thioether (sulfide) groups is 1. The van der Waals surface area contributed by atoms with Crippen LogP contribution in [-0.2, 0) is 0 Å². The van der Waals surface area contributed by atoms with Gasteiger partial charge in [-0.25, -0.2) is 0 Å². The zero-order valence-electron chi connectivity index (χ0n) is 10.3. The molecule has 1 amide bonds. The molecule has 5 heteroatoms. The summed E-state index contributed by atoms with van der Waals surface area (Å²) < 4.78 is 0.244. The molecule has 0 bridgehead atoms. The number of nitrogens with one attached hydrogen (secondary N) is 1. The Morgan fingerprint density at radius 1 is 1.56 bits per heavy atom. The van der Waals surface area contributed by atoms with E-state index < -0.39 is 0 Å². The maximum Gasteiger partial charge on any atom is 0.251 e. The highest BCUT2D eigenvalue weighted by atomic mass is 35.5. The Kier molecular flexibility index (Phi) is 4.07. The minimum Gasteiger partial charge on any atom is -0.398 e. The SMILES string of the molecule is CSC1(CNC(=O)c2ccc(Cl)c(N)c2)CCC1. The number of nitrogen functional groups attached to an aromatic ring is 1. The van der Waals surface area contributed by atoms with Crippen LogP contribution in [0.1, 0.15) is 29.6 Å². The lowest BCUT2D eigenvalue weighted by atomic mass is 9.84. The monoisotopic (exact) mass is 284 g/mol. The molecule has 0 spiro atoms. The molecule has 2 rings (SSSR count). The molecule has 0 unspecified atom stereocenters. The molecule has 1 aliphatic rings. The number of anilines is 1. The molecule has 0 radical (unpaired) electrons. The first-order valence-electron chi connectivity index (χ1n) is 5.95. The molecule has 0 aliphatic heterocycles. The summed E-state index contributed by atoms with van der Waals surface area (Å²) in [6.45, 7) is 0.718. The van der Waals surface area contributed by atoms with Gasteiger partial charge in [0.25, 0.3) is 5.91 Å². The van der Waals surface area contributed by atoms with Crippen molar-refractivity contribution in [2.75, 3.05) is 18.5 Å². The van der Waals surface area contributed by atoms with E-state index in [4.69, 9.17) is 17.3 Å². The number of rotatable bonds is 4. The van der Waals surface area contributed by atoms with Crippen molar-refractivity contribution in [3.8, 4) is 0 Å². The van der Waals surface area contributed by atoms with Crippen LogP contribution in [0.15, 0.2) is 18.2 Å². The molecule has 3 nitrogen and oxygen atoms in total. The molecule has 98 valence electrons. The van der Waals surface area contributed by atoms with Gasteiger partial charge in [0.15, 0.2) is 0 Å². The molecule has 1 aromatic carbocycles. The summed E-state index contributed by atoms with van der Waals surface area (Å²) in [5, 5.41) is 3.46. The van der Waals surface area contributed by atoms with E-state index in [1.54, 1.807) is 18.2 Å². The summed E-state index contributed by atoms with van der Waals surface area (Å²) in [7, 11) is 0. The predicted octanol–water partition coefficient (Wildman–Crippen LogP) is 2.94. The first-order valence-corrected chi connectivity index (χ1v) is 7.55. The van der Waals surface area contributed by atoms with Crippen LogP contribution in [0.4, 0.5) is 5.69 Å². The second kappa shape index (κ2) is 5.41. The number of carbonyl (C=O) groups is 1. The maximum absolute atomic E-state index is 12.0. The normalized spacial score (nSPS) is 17.0. The lowest BCUT2D eigenvalue weighted by Crippen LogP contribution is -2.45. The van der Waals surface area contributed by atoms with Crippen LogP contribution >= 0.6 is 23.4 Å². The van der Waals surface area contributed by atoms with Gasteiger partial charge in [-0.2, -0.15) is 11.8 Å². The van der Waals surface area contributed by atoms with E-state index in [2.05, 4.69) is 11.6 Å². The predicted molar refractivity (Wildman–Crippen MR) is 78.3 cm³/mol. The number of halogens is 1. The number of hydrogen-bond donors (Lipinski definition) is 2. The Bertz CT molecular complexity index is 455. The molecular formula is C13H17ClN2OS. The molecule has 18 heavy (non-hydrogen) atoms. The molecule has 0 saturated heterocycles. The van der Waals surface area contributed by atoms with E-state index in [0.717, 1.165) is 6.54 Å². The van der Waals surface area contributed by atoms with Crippen molar-refractivity contribution in [2.24, 2.45) is 0 Å². The van der Waals surface area contributed by atoms with Gasteiger partial charge in [0.2, 0.25) is 0 Å². The first-order chi connectivity index (χ1) is 8.56. The van der Waals surface area contributed by atoms with Crippen molar-refractivity contribution in [2.45, 2.75) is 24.0 Å². The lowest BCUT2D eigenvalue weighted by molar-refractivity contribution is 0.0944. The van der Waals surface area contributed by atoms with Crippen molar-refractivity contribution in [3.63, 3.8) is 0 Å². The Hall–Kier alpha value is -0.870. The summed E-state index contributed by atoms with van der Waals surface area (Å²) in [4.78, 5) is 12.0. The highest BCUT2D eigenvalue weighted by Gasteiger charge is 2.36. The standard InChI is InChI=1S/C13H17ClN2OS/c1-18-13(5-2-6-13)8-16-12(17)9-3-4-10(14)11(15)7-9/h3-4,7H,2,5-6,8,15H2,1H3,(H,16,17). The van der Waals surface area contributed by atoms with E-state index in [1.165, 1.54) is 19.3 Å². The van der Waals surface area contributed by atoms with Gasteiger partial charge in [-0.05, 0) is 37.3 Å². The summed E-state index contributed by atoms with van der Waals surface area (Å²) in [5.41, 5.74) is 6.69. The fraction of sp³-hybridized carbons (Fsp3) is 0.462. The third kappa shape index (κ3) is 2.75. The number of amides is 1. The Morgan fingerprint density at radius 2 is 2.28 bits per heavy atom. The Labute approximate surface area is 116 Å². The van der Waals surface area contributed by atoms with Crippen molar-refractivity contribution in [1.29, 1.82) is 0 Å². The largest absolute Gasteiger partial charge is 0.398 e. The minimum atomic E-state index is -0.0845. The highest BCUT2D eigenvalue weighted by molar-refractivity contribution is 8.00. The number of carbonyl (C=O) groups excluding carboxylic acids is 1. The van der Waals surface area contributed by atoms with E-state index in [0.29, 0.717) is 16.3 Å². The van der Waals surface area contributed by atoms with Crippen LogP contribution in [0.3, 0.4) is 0 Å². The van der Waals surface area contributed by atoms with E-state index in [1.807, 2.05) is 11.8 Å². The average Bonchev–Trinajstić information content (AvgIpc) is 2.31. The van der Waals surface area contributed by atoms with Gasteiger partial charge in [0.1, 0.15) is 0 Å². The molecule has 1 saturated carbocycles. The quantitative estimate of drug-likeness (QED) is 0.836.